The average Bonchev–Trinajstić information content (AvgIpc) is 2.60. The van der Waals surface area contributed by atoms with Crippen LogP contribution in [0.5, 0.6) is 5.75 Å². The largest absolute Gasteiger partial charge is 0.508 e. The van der Waals surface area contributed by atoms with Crippen molar-refractivity contribution in [2.45, 2.75) is 6.18 Å². The molecule has 0 atom stereocenters. The number of hydrogen-bond donors (Lipinski definition) is 1. The molecule has 0 aromatic heterocycles. The Bertz CT molecular complexity index is 1140. The summed E-state index contributed by atoms with van der Waals surface area (Å²) in [6.07, 6.45) is -4.85. The van der Waals surface area contributed by atoms with Gasteiger partial charge in [-0.15, -0.1) is 0 Å². The fourth-order valence-corrected chi connectivity index (χ4v) is 2.35. The Balaban J connectivity index is 2.02. The monoisotopic (exact) mass is 372 g/mol. The SMILES string of the molecule is Oc1ccc(C#Cc2ccc3c(F)c(C#CC(F)(F)F)c(F)cc3c2)cc1. The zero-order chi connectivity index (χ0) is 19.6. The summed E-state index contributed by atoms with van der Waals surface area (Å²) in [5, 5.41) is 9.32. The smallest absolute Gasteiger partial charge is 0.458 e. The van der Waals surface area contributed by atoms with Crippen molar-refractivity contribution >= 4 is 10.8 Å². The van der Waals surface area contributed by atoms with E-state index in [2.05, 4.69) is 11.8 Å². The van der Waals surface area contributed by atoms with E-state index in [1.165, 1.54) is 36.3 Å². The molecule has 1 N–H and O–H groups in total. The second-order valence-corrected chi connectivity index (χ2v) is 5.53. The van der Waals surface area contributed by atoms with E-state index in [1.54, 1.807) is 12.1 Å². The van der Waals surface area contributed by atoms with Crippen LogP contribution in [0.2, 0.25) is 0 Å². The van der Waals surface area contributed by atoms with Crippen molar-refractivity contribution in [1.82, 2.24) is 0 Å². The zero-order valence-corrected chi connectivity index (χ0v) is 13.5. The number of fused-ring (bicyclic) bond motifs is 1. The van der Waals surface area contributed by atoms with Crippen LogP contribution in [0.1, 0.15) is 16.7 Å². The highest BCUT2D eigenvalue weighted by atomic mass is 19.4. The predicted octanol–water partition coefficient (Wildman–Crippen LogP) is 5.14. The molecule has 3 rings (SSSR count). The molecule has 0 heterocycles. The number of hydrogen-bond acceptors (Lipinski definition) is 1. The molecule has 0 radical (unpaired) electrons. The van der Waals surface area contributed by atoms with Crippen LogP contribution in [-0.2, 0) is 0 Å². The van der Waals surface area contributed by atoms with E-state index in [1.807, 2.05) is 0 Å². The number of halogens is 5. The summed E-state index contributed by atoms with van der Waals surface area (Å²) in [5.41, 5.74) is 0.161. The molecule has 0 saturated carbocycles. The Hall–Kier alpha value is -3.51. The maximum atomic E-state index is 14.4. The number of phenols is 1. The Kier molecular flexibility index (Phi) is 4.75. The summed E-state index contributed by atoms with van der Waals surface area (Å²) in [5.74, 6) is 5.79. The molecule has 0 saturated heterocycles. The third-order valence-corrected chi connectivity index (χ3v) is 3.58. The first-order valence-electron chi connectivity index (χ1n) is 7.56. The predicted molar refractivity (Wildman–Crippen MR) is 90.9 cm³/mol. The van der Waals surface area contributed by atoms with Crippen LogP contribution < -0.4 is 0 Å². The van der Waals surface area contributed by atoms with Gasteiger partial charge < -0.3 is 5.11 Å². The van der Waals surface area contributed by atoms with Crippen molar-refractivity contribution in [3.8, 4) is 29.4 Å². The maximum Gasteiger partial charge on any atom is 0.458 e. The lowest BCUT2D eigenvalue weighted by atomic mass is 10.0. The number of benzene rings is 3. The van der Waals surface area contributed by atoms with E-state index >= 15 is 0 Å². The molecule has 134 valence electrons. The Morgan fingerprint density at radius 3 is 2.07 bits per heavy atom. The average molecular weight is 372 g/mol. The van der Waals surface area contributed by atoms with Crippen LogP contribution in [0, 0.1) is 35.3 Å². The summed E-state index contributed by atoms with van der Waals surface area (Å²) < 4.78 is 64.9. The van der Waals surface area contributed by atoms with Crippen molar-refractivity contribution in [2.75, 3.05) is 0 Å². The van der Waals surface area contributed by atoms with Crippen LogP contribution in [0.3, 0.4) is 0 Å². The van der Waals surface area contributed by atoms with Gasteiger partial charge in [0.15, 0.2) is 0 Å². The van der Waals surface area contributed by atoms with Gasteiger partial charge in [-0.2, -0.15) is 13.2 Å². The van der Waals surface area contributed by atoms with Crippen LogP contribution in [0.25, 0.3) is 10.8 Å². The summed E-state index contributed by atoms with van der Waals surface area (Å²) >= 11 is 0. The lowest BCUT2D eigenvalue weighted by Crippen LogP contribution is -2.02. The molecule has 0 fully saturated rings. The topological polar surface area (TPSA) is 20.2 Å². The van der Waals surface area contributed by atoms with Crippen molar-refractivity contribution in [3.63, 3.8) is 0 Å². The second-order valence-electron chi connectivity index (χ2n) is 5.53. The van der Waals surface area contributed by atoms with Gasteiger partial charge in [0.2, 0.25) is 0 Å². The molecule has 0 aliphatic rings. The normalized spacial score (nSPS) is 10.7. The van der Waals surface area contributed by atoms with Gasteiger partial charge in [0.1, 0.15) is 17.4 Å². The molecular formula is C21H9F5O. The zero-order valence-electron chi connectivity index (χ0n) is 13.5. The third kappa shape index (κ3) is 4.37. The van der Waals surface area contributed by atoms with E-state index in [0.717, 1.165) is 12.0 Å². The number of alkyl halides is 3. The van der Waals surface area contributed by atoms with Crippen molar-refractivity contribution in [1.29, 1.82) is 0 Å². The lowest BCUT2D eigenvalue weighted by Gasteiger charge is -2.04. The summed E-state index contributed by atoms with van der Waals surface area (Å²) in [7, 11) is 0. The molecule has 6 heteroatoms. The molecule has 0 spiro atoms. The van der Waals surface area contributed by atoms with Gasteiger partial charge >= 0.3 is 6.18 Å². The van der Waals surface area contributed by atoms with Gasteiger partial charge in [-0.1, -0.05) is 23.8 Å². The van der Waals surface area contributed by atoms with Crippen molar-refractivity contribution in [2.24, 2.45) is 0 Å². The van der Waals surface area contributed by atoms with Crippen LogP contribution in [-0.4, -0.2) is 11.3 Å². The number of aromatic hydroxyl groups is 1. The first-order valence-corrected chi connectivity index (χ1v) is 7.56. The highest BCUT2D eigenvalue weighted by Gasteiger charge is 2.23. The standard InChI is InChI=1S/C21H9F5O/c22-19-12-15-11-14(2-1-13-3-6-16(27)7-4-13)5-8-17(15)20(23)18(19)9-10-21(24,25)26/h3-8,11-12,27H. The molecule has 1 nitrogen and oxygen atoms in total. The lowest BCUT2D eigenvalue weighted by molar-refractivity contribution is -0.0696. The summed E-state index contributed by atoms with van der Waals surface area (Å²) in [6.45, 7) is 0. The fraction of sp³-hybridized carbons (Fsp3) is 0.0476. The van der Waals surface area contributed by atoms with Gasteiger partial charge in [-0.3, -0.25) is 0 Å². The highest BCUT2D eigenvalue weighted by molar-refractivity contribution is 5.86. The number of phenolic OH excluding ortho intramolecular Hbond substituents is 1. The van der Waals surface area contributed by atoms with Crippen LogP contribution >= 0.6 is 0 Å². The minimum Gasteiger partial charge on any atom is -0.508 e. The molecule has 3 aromatic rings. The minimum atomic E-state index is -4.85. The van der Waals surface area contributed by atoms with Gasteiger partial charge in [-0.25, -0.2) is 8.78 Å². The molecule has 0 aliphatic heterocycles. The first-order chi connectivity index (χ1) is 12.7. The van der Waals surface area contributed by atoms with Gasteiger partial charge in [0, 0.05) is 22.4 Å². The van der Waals surface area contributed by atoms with Crippen molar-refractivity contribution < 1.29 is 27.1 Å². The molecule has 0 unspecified atom stereocenters. The van der Waals surface area contributed by atoms with Crippen LogP contribution in [0.4, 0.5) is 22.0 Å². The van der Waals surface area contributed by atoms with Gasteiger partial charge in [0.05, 0.1) is 5.56 Å². The van der Waals surface area contributed by atoms with Gasteiger partial charge in [-0.05, 0) is 47.9 Å². The summed E-state index contributed by atoms with van der Waals surface area (Å²) in [6, 6.07) is 11.3. The fourth-order valence-electron chi connectivity index (χ4n) is 2.35. The molecule has 0 amide bonds. The molecule has 27 heavy (non-hydrogen) atoms. The van der Waals surface area contributed by atoms with E-state index in [0.29, 0.717) is 11.1 Å². The molecule has 3 aromatic carbocycles. The molecule has 0 aliphatic carbocycles. The Labute approximate surface area is 151 Å². The summed E-state index contributed by atoms with van der Waals surface area (Å²) in [4.78, 5) is 0. The third-order valence-electron chi connectivity index (χ3n) is 3.58. The number of rotatable bonds is 0. The Morgan fingerprint density at radius 1 is 0.778 bits per heavy atom. The second kappa shape index (κ2) is 7.01. The van der Waals surface area contributed by atoms with Crippen LogP contribution in [0.15, 0.2) is 48.5 Å². The quantitative estimate of drug-likeness (QED) is 0.428. The van der Waals surface area contributed by atoms with Gasteiger partial charge in [0.25, 0.3) is 0 Å². The van der Waals surface area contributed by atoms with Crippen molar-refractivity contribution in [3.05, 3.63) is 76.9 Å². The van der Waals surface area contributed by atoms with E-state index < -0.39 is 23.4 Å². The first kappa shape index (κ1) is 18.3. The maximum absolute atomic E-state index is 14.4. The van der Waals surface area contributed by atoms with E-state index in [-0.39, 0.29) is 16.5 Å². The minimum absolute atomic E-state index is 0.0574. The highest BCUT2D eigenvalue weighted by Crippen LogP contribution is 2.25. The van der Waals surface area contributed by atoms with E-state index in [4.69, 9.17) is 0 Å². The Morgan fingerprint density at radius 2 is 1.41 bits per heavy atom. The molecule has 0 bridgehead atoms. The molecular weight excluding hydrogens is 363 g/mol. The van der Waals surface area contributed by atoms with E-state index in [9.17, 15) is 27.1 Å².